The van der Waals surface area contributed by atoms with Gasteiger partial charge in [0.15, 0.2) is 11.6 Å². The Bertz CT molecular complexity index is 5280. The fourth-order valence-electron chi connectivity index (χ4n) is 11.7. The molecule has 3 aromatic heterocycles. The number of nitrogens with one attached hydrogen (secondary N) is 7. The van der Waals surface area contributed by atoms with Crippen molar-refractivity contribution in [1.29, 1.82) is 15.8 Å². The van der Waals surface area contributed by atoms with E-state index in [1.165, 1.54) is 52.8 Å². The summed E-state index contributed by atoms with van der Waals surface area (Å²) in [4.78, 5) is 111. The smallest absolute Gasteiger partial charge is 0.408 e. The third kappa shape index (κ3) is 40.9. The number of carboxylic acid groups (broad SMARTS) is 1. The van der Waals surface area contributed by atoms with E-state index >= 15 is 0 Å². The molecule has 0 spiro atoms. The third-order valence-corrected chi connectivity index (χ3v) is 23.1. The third-order valence-electron chi connectivity index (χ3n) is 19.5. The number of amides is 9. The summed E-state index contributed by atoms with van der Waals surface area (Å²) in [6.45, 7) is 16.1. The van der Waals surface area contributed by atoms with Crippen molar-refractivity contribution < 1.29 is 95.0 Å². The van der Waals surface area contributed by atoms with Gasteiger partial charge >= 0.3 is 18.2 Å². The summed E-state index contributed by atoms with van der Waals surface area (Å²) in [7, 11) is 0. The van der Waals surface area contributed by atoms with Gasteiger partial charge in [0.05, 0.1) is 79.9 Å². The van der Waals surface area contributed by atoms with Gasteiger partial charge in [-0.25, -0.2) is 36.3 Å². The van der Waals surface area contributed by atoms with E-state index in [9.17, 15) is 75.2 Å². The molecular weight excluding hydrogens is 1970 g/mol. The number of benzene rings is 4. The Morgan fingerprint density at radius 1 is 0.418 bits per heavy atom. The SMILES string of the molecule is CC(C)(C)OC(=O)N[C@@H](C(=O)O)C1CC1.CC(C)(C)OC(=O)N[C@@H](C(N)=O)C1CC1.Cc1cc(N)sn1.Cc1cc(Nc2cc(N[C@@H](C(N)=O)C3CC3)c(F)cc2C#N)sn1.Cc1cc(Nc2cc(N[C@@H](C(N)=O)C3CC3)c(F)cc2C(N)=O)sn1.Cl.N#Cc1cc(F)c(F)cc1Br.N#Cc1cc(F)c(N[C@@H](C(N)=O)C2CC2)cc1Br.NC(=O)[C@H](N)C1CC1.NC(=O)[C@H](N)C1CC1.OO. The molecule has 30 N–H and O–H groups in total. The van der Waals surface area contributed by atoms with Gasteiger partial charge in [-0.2, -0.15) is 28.9 Å². The number of aromatic nitrogens is 3. The average molecular weight is 2080 g/mol. The van der Waals surface area contributed by atoms with Crippen molar-refractivity contribution >= 4 is 182 Å². The first-order valence-electron chi connectivity index (χ1n) is 41.2. The van der Waals surface area contributed by atoms with Gasteiger partial charge in [0.25, 0.3) is 5.91 Å². The van der Waals surface area contributed by atoms with Crippen LogP contribution < -0.4 is 94.6 Å². The minimum Gasteiger partial charge on any atom is -0.480 e. The zero-order valence-electron chi connectivity index (χ0n) is 74.3. The van der Waals surface area contributed by atoms with Gasteiger partial charge < -0.3 is 109 Å². The summed E-state index contributed by atoms with van der Waals surface area (Å²) in [5, 5.41) is 68.9. The molecule has 3 heterocycles. The van der Waals surface area contributed by atoms with E-state index in [4.69, 9.17) is 93.0 Å². The van der Waals surface area contributed by atoms with Crippen molar-refractivity contribution in [1.82, 2.24) is 23.8 Å². The summed E-state index contributed by atoms with van der Waals surface area (Å²) in [6.07, 6.45) is 12.0. The van der Waals surface area contributed by atoms with Crippen molar-refractivity contribution in [2.24, 2.45) is 93.0 Å². The lowest BCUT2D eigenvalue weighted by Gasteiger charge is -2.22. The summed E-state index contributed by atoms with van der Waals surface area (Å²) < 4.78 is 90.2. The van der Waals surface area contributed by atoms with E-state index < -0.39 is 118 Å². The molecule has 38 nitrogen and oxygen atoms in total. The fourth-order valence-corrected chi connectivity index (χ4v) is 14.4. The Labute approximate surface area is 804 Å². The van der Waals surface area contributed by atoms with Crippen LogP contribution in [0, 0.1) is 125 Å². The molecule has 0 saturated heterocycles. The molecule has 7 aromatic rings. The second kappa shape index (κ2) is 53.2. The largest absolute Gasteiger partial charge is 0.480 e. The quantitative estimate of drug-likeness (QED) is 0.00984. The molecule has 0 unspecified atom stereocenters. The van der Waals surface area contributed by atoms with E-state index in [0.717, 1.165) is 147 Å². The highest BCUT2D eigenvalue weighted by atomic mass is 79.9. The number of hydrogen-bond acceptors (Lipinski definition) is 31. The van der Waals surface area contributed by atoms with Crippen LogP contribution >= 0.6 is 78.9 Å². The molecular formula is C85H111Br2ClF5N23O15S3. The normalized spacial score (nSPS) is 15.6. The number of carbonyl (C=O) groups is 10. The number of halogens is 8. The van der Waals surface area contributed by atoms with Crippen molar-refractivity contribution in [2.75, 3.05) is 32.3 Å². The van der Waals surface area contributed by atoms with Crippen molar-refractivity contribution in [3.8, 4) is 18.2 Å². The highest BCUT2D eigenvalue weighted by Crippen LogP contribution is 2.41. The van der Waals surface area contributed by atoms with Crippen LogP contribution in [0.25, 0.3) is 0 Å². The molecule has 0 bridgehead atoms. The predicted octanol–water partition coefficient (Wildman–Crippen LogP) is 11.8. The summed E-state index contributed by atoms with van der Waals surface area (Å²) in [6, 6.07) is 16.5. The summed E-state index contributed by atoms with van der Waals surface area (Å²) in [5.74, 6) is -6.86. The first-order chi connectivity index (χ1) is 62.3. The number of aliphatic carboxylic acids is 1. The number of hydrogen-bond donors (Lipinski definition) is 20. The predicted molar refractivity (Wildman–Crippen MR) is 504 cm³/mol. The van der Waals surface area contributed by atoms with Crippen LogP contribution in [0.2, 0.25) is 0 Å². The van der Waals surface area contributed by atoms with Gasteiger partial charge in [-0.05, 0) is 327 Å². The molecule has 7 saturated carbocycles. The number of alkyl carbamates (subject to hydrolysis) is 2. The number of nitrogens with zero attached hydrogens (tertiary/aromatic N) is 6. The van der Waals surface area contributed by atoms with Crippen LogP contribution in [0.5, 0.6) is 0 Å². The van der Waals surface area contributed by atoms with Gasteiger partial charge in [-0.1, -0.05) is 0 Å². The van der Waals surface area contributed by atoms with Gasteiger partial charge in [0, 0.05) is 8.95 Å². The molecule has 7 aliphatic carbocycles. The Kier molecular flexibility index (Phi) is 45.5. The maximum Gasteiger partial charge on any atom is 0.408 e. The Morgan fingerprint density at radius 3 is 1.01 bits per heavy atom. The second-order valence-electron chi connectivity index (χ2n) is 33.6. The topological polar surface area (TPSA) is 704 Å². The van der Waals surface area contributed by atoms with E-state index in [1.54, 1.807) is 53.7 Å². The number of carboxylic acids is 1. The molecule has 9 amide bonds. The number of primary amides is 7. The lowest BCUT2D eigenvalue weighted by molar-refractivity contribution is -0.176. The monoisotopic (exact) mass is 2080 g/mol. The van der Waals surface area contributed by atoms with Gasteiger partial charge in [0.2, 0.25) is 35.4 Å². The Hall–Kier alpha value is -11.9. The molecule has 0 radical (unpaired) electrons. The Balaban J connectivity index is 0.000000323. The van der Waals surface area contributed by atoms with E-state index in [1.807, 2.05) is 45.0 Å². The standard InChI is InChI=1S/C16H18FN5O2S.C16H16FN5OS.C12H11BrFN3O.C10H18N2O3.C10H17NO4.C7H2BrF2N.2C5H10N2O.C4H6N2S.ClH.H2O2/c1-7-4-13(25-22-7)20-11-6-12(10(17)5-9(11)15(18)23)21-14(16(19)24)8-2-3-8;1-8-4-14(24-22-8)20-12-6-13(11(17)5-10(12)7-18)21-15(16(19)23)9-2-3-9;13-8-4-10(9(14)3-7(8)5-15)17-11(12(16)18)6-1-2-6;1-10(2,3)15-9(14)12-7(8(11)13)6-4-5-6;1-10(2,3)15-9(14)11-7(8(12)13)6-4-5-6;8-5-2-7(10)6(9)1-4(5)3-11;2*6-4(5(7)8)3-1-2-3;1-3-2-4(5)7-6-3;;1-2/h4-6,8,14,20-21H,2-3H2,1H3,(H2,18,23)(H2,19,24);4-6,9,15,20-21H,2-3H2,1H3,(H2,19,23);3-4,6,11,17H,1-2H2,(H2,16,18);6-7H,4-5H2,1-3H3,(H2,11,13)(H,12,14);6-7H,4-5H2,1-3H3,(H,11,14)(H,12,13);1-2H;2*3-4H,1-2,6H2,(H2,7,8);2H,5H2,1H3;1H;1-2H/t14-;15-;11-;2*7-;;2*4-;;;/m11111.11.../s1. The van der Waals surface area contributed by atoms with Crippen LogP contribution in [-0.2, 0) is 43.0 Å². The molecule has 7 fully saturated rings. The molecule has 49 heteroatoms. The van der Waals surface area contributed by atoms with Crippen LogP contribution in [0.3, 0.4) is 0 Å². The Morgan fingerprint density at radius 2 is 0.716 bits per heavy atom. The number of anilines is 8. The minimum absolute atomic E-state index is 0. The van der Waals surface area contributed by atoms with Gasteiger partial charge in [-0.15, -0.1) is 12.4 Å². The number of ether oxygens (including phenoxy) is 2. The van der Waals surface area contributed by atoms with E-state index in [2.05, 4.69) is 82.2 Å². The lowest BCUT2D eigenvalue weighted by Crippen LogP contribution is -2.47. The molecule has 14 rings (SSSR count). The molecule has 134 heavy (non-hydrogen) atoms. The minimum atomic E-state index is -1.01. The number of nitrogen functional groups attached to an aromatic ring is 1. The van der Waals surface area contributed by atoms with Gasteiger partial charge in [0.1, 0.15) is 92.1 Å². The average Bonchev–Trinajstić information content (AvgIpc) is 1.71. The van der Waals surface area contributed by atoms with Gasteiger partial charge in [-0.3, -0.25) is 44.1 Å². The molecule has 730 valence electrons. The summed E-state index contributed by atoms with van der Waals surface area (Å²) >= 11 is 9.88. The first-order valence-corrected chi connectivity index (χ1v) is 45.1. The van der Waals surface area contributed by atoms with Crippen molar-refractivity contribution in [3.63, 3.8) is 0 Å². The number of carbonyl (C=O) groups excluding carboxylic acids is 9. The highest BCUT2D eigenvalue weighted by molar-refractivity contribution is 9.10. The van der Waals surface area contributed by atoms with Crippen molar-refractivity contribution in [3.05, 3.63) is 144 Å². The highest BCUT2D eigenvalue weighted by Gasteiger charge is 2.42. The maximum atomic E-state index is 14.4. The number of aryl methyl sites for hydroxylation is 3. The molecule has 0 aliphatic heterocycles. The lowest BCUT2D eigenvalue weighted by atomic mass is 10.1. The first kappa shape index (κ1) is 114. The molecule has 7 atom stereocenters. The molecule has 7 aliphatic rings. The van der Waals surface area contributed by atoms with Crippen LogP contribution in [0.4, 0.5) is 75.0 Å². The van der Waals surface area contributed by atoms with E-state index in [0.29, 0.717) is 32.7 Å². The second-order valence-corrected chi connectivity index (χ2v) is 37.7. The maximum absolute atomic E-state index is 14.4. The van der Waals surface area contributed by atoms with Crippen molar-refractivity contribution in [2.45, 2.75) is 206 Å². The van der Waals surface area contributed by atoms with Crippen LogP contribution in [0.15, 0.2) is 75.7 Å². The number of nitriles is 3. The zero-order chi connectivity index (χ0) is 100.0. The van der Waals surface area contributed by atoms with Crippen LogP contribution in [0.1, 0.15) is 176 Å². The number of nitrogens with two attached hydrogens (primary N) is 10. The summed E-state index contributed by atoms with van der Waals surface area (Å²) in [5.41, 5.74) is 55.6. The van der Waals surface area contributed by atoms with Crippen LogP contribution in [-0.4, -0.2) is 142 Å². The number of rotatable bonds is 27. The zero-order valence-corrected chi connectivity index (χ0v) is 80.7. The van der Waals surface area contributed by atoms with E-state index in [-0.39, 0.29) is 110 Å². The molecule has 4 aromatic carbocycles. The fraction of sp³-hybridized carbons (Fsp3) is 0.459.